The summed E-state index contributed by atoms with van der Waals surface area (Å²) in [5, 5.41) is 5.23. The van der Waals surface area contributed by atoms with Crippen LogP contribution < -0.4 is 20.1 Å². The number of hydrogen-bond donors (Lipinski definition) is 2. The number of nitrogens with zero attached hydrogens (tertiary/aromatic N) is 1. The van der Waals surface area contributed by atoms with Crippen molar-refractivity contribution in [2.45, 2.75) is 38.3 Å². The van der Waals surface area contributed by atoms with Crippen molar-refractivity contribution in [3.63, 3.8) is 0 Å². The molecule has 0 bridgehead atoms. The monoisotopic (exact) mass is 419 g/mol. The zero-order chi connectivity index (χ0) is 21.7. The Balaban J connectivity index is 1.40. The van der Waals surface area contributed by atoms with E-state index in [1.54, 1.807) is 26.0 Å². The predicted molar refractivity (Wildman–Crippen MR) is 104 cm³/mol. The van der Waals surface area contributed by atoms with E-state index in [0.717, 1.165) is 4.90 Å². The Hall–Kier alpha value is -3.30. The van der Waals surface area contributed by atoms with Crippen LogP contribution in [0, 0.1) is 0 Å². The normalized spacial score (nSPS) is 19.3. The van der Waals surface area contributed by atoms with Crippen LogP contribution in [0.25, 0.3) is 0 Å². The highest BCUT2D eigenvalue weighted by Crippen LogP contribution is 2.30. The fourth-order valence-corrected chi connectivity index (χ4v) is 3.31. The first kappa shape index (κ1) is 21.4. The van der Waals surface area contributed by atoms with Gasteiger partial charge in [-0.2, -0.15) is 0 Å². The van der Waals surface area contributed by atoms with Crippen molar-refractivity contribution in [1.82, 2.24) is 15.5 Å². The van der Waals surface area contributed by atoms with Gasteiger partial charge in [-0.15, -0.1) is 0 Å². The van der Waals surface area contributed by atoms with E-state index in [0.29, 0.717) is 24.3 Å². The lowest BCUT2D eigenvalue weighted by Crippen LogP contribution is -2.46. The van der Waals surface area contributed by atoms with Crippen molar-refractivity contribution in [3.05, 3.63) is 24.3 Å². The van der Waals surface area contributed by atoms with E-state index in [-0.39, 0.29) is 19.3 Å². The number of para-hydroxylation sites is 2. The van der Waals surface area contributed by atoms with E-state index in [1.807, 2.05) is 12.1 Å². The molecule has 1 aromatic rings. The highest BCUT2D eigenvalue weighted by Gasteiger charge is 2.49. The Bertz CT molecular complexity index is 837. The summed E-state index contributed by atoms with van der Waals surface area (Å²) in [5.74, 6) is -0.598. The first-order valence-electron chi connectivity index (χ1n) is 9.83. The summed E-state index contributed by atoms with van der Waals surface area (Å²) in [5.41, 5.74) is -0.991. The fraction of sp³-hybridized carbons (Fsp3) is 0.500. The zero-order valence-electron chi connectivity index (χ0n) is 16.9. The molecule has 0 radical (unpaired) electrons. The molecule has 0 spiro atoms. The Labute approximate surface area is 173 Å². The second-order valence-electron chi connectivity index (χ2n) is 7.07. The van der Waals surface area contributed by atoms with Crippen molar-refractivity contribution in [1.29, 1.82) is 0 Å². The number of carbonyl (C=O) groups excluding carboxylic acids is 4. The minimum atomic E-state index is -0.991. The van der Waals surface area contributed by atoms with Crippen LogP contribution >= 0.6 is 0 Å². The van der Waals surface area contributed by atoms with Gasteiger partial charge in [0.2, 0.25) is 0 Å². The second kappa shape index (κ2) is 9.02. The highest BCUT2D eigenvalue weighted by atomic mass is 16.6. The summed E-state index contributed by atoms with van der Waals surface area (Å²) in [7, 11) is 0. The fourth-order valence-electron chi connectivity index (χ4n) is 3.31. The van der Waals surface area contributed by atoms with Gasteiger partial charge in [0.05, 0.1) is 6.54 Å². The van der Waals surface area contributed by atoms with Crippen LogP contribution in [0.15, 0.2) is 24.3 Å². The van der Waals surface area contributed by atoms with Crippen molar-refractivity contribution in [3.8, 4) is 11.5 Å². The third-order valence-electron chi connectivity index (χ3n) is 5.20. The van der Waals surface area contributed by atoms with Gasteiger partial charge in [-0.05, 0) is 25.0 Å². The number of carbonyl (C=O) groups is 4. The molecule has 3 rings (SSSR count). The van der Waals surface area contributed by atoms with E-state index in [2.05, 4.69) is 10.6 Å². The average Bonchev–Trinajstić information content (AvgIpc) is 3.00. The number of fused-ring (bicyclic) bond motifs is 1. The summed E-state index contributed by atoms with van der Waals surface area (Å²) in [6, 6.07) is 6.58. The minimum absolute atomic E-state index is 0.174. The number of ether oxygens (including phenoxy) is 3. The third-order valence-corrected chi connectivity index (χ3v) is 5.20. The van der Waals surface area contributed by atoms with Crippen molar-refractivity contribution in [2.24, 2.45) is 0 Å². The van der Waals surface area contributed by atoms with E-state index < -0.39 is 42.5 Å². The van der Waals surface area contributed by atoms with Crippen LogP contribution in [0.3, 0.4) is 0 Å². The largest absolute Gasteiger partial charge is 0.486 e. The molecule has 2 aliphatic rings. The Morgan fingerprint density at radius 2 is 1.93 bits per heavy atom. The molecule has 10 nitrogen and oxygen atoms in total. The second-order valence-corrected chi connectivity index (χ2v) is 7.07. The maximum Gasteiger partial charge on any atom is 0.326 e. The number of nitrogens with one attached hydrogen (secondary N) is 2. The van der Waals surface area contributed by atoms with E-state index >= 15 is 0 Å². The molecule has 0 aromatic heterocycles. The van der Waals surface area contributed by atoms with E-state index in [4.69, 9.17) is 14.2 Å². The van der Waals surface area contributed by atoms with Crippen molar-refractivity contribution in [2.75, 3.05) is 26.3 Å². The average molecular weight is 419 g/mol. The van der Waals surface area contributed by atoms with Gasteiger partial charge in [0.25, 0.3) is 11.8 Å². The van der Waals surface area contributed by atoms with Gasteiger partial charge < -0.3 is 24.8 Å². The van der Waals surface area contributed by atoms with E-state index in [9.17, 15) is 19.2 Å². The Kier molecular flexibility index (Phi) is 6.43. The maximum absolute atomic E-state index is 12.5. The molecule has 30 heavy (non-hydrogen) atoms. The van der Waals surface area contributed by atoms with Crippen LogP contribution in [0.4, 0.5) is 4.79 Å². The predicted octanol–water partition coefficient (Wildman–Crippen LogP) is 0.596. The van der Waals surface area contributed by atoms with Gasteiger partial charge >= 0.3 is 12.0 Å². The number of esters is 1. The number of imide groups is 1. The molecule has 0 aliphatic carbocycles. The molecule has 1 atom stereocenters. The molecule has 10 heteroatoms. The van der Waals surface area contributed by atoms with E-state index in [1.165, 1.54) is 0 Å². The van der Waals surface area contributed by atoms with Gasteiger partial charge in [0.15, 0.2) is 18.1 Å². The molecule has 2 heterocycles. The molecule has 2 N–H and O–H groups in total. The van der Waals surface area contributed by atoms with Crippen LogP contribution in [-0.4, -0.2) is 66.7 Å². The summed E-state index contributed by atoms with van der Waals surface area (Å²) < 4.78 is 16.2. The molecule has 4 amide bonds. The third kappa shape index (κ3) is 4.47. The lowest BCUT2D eigenvalue weighted by Gasteiger charge is -2.26. The number of hydrogen-bond acceptors (Lipinski definition) is 7. The van der Waals surface area contributed by atoms with Crippen LogP contribution in [0.5, 0.6) is 11.5 Å². The standard InChI is InChI=1S/C20H25N3O7/c1-3-20(4-2)18(26)23(19(27)22-20)10-17(25)29-12-16(24)21-9-13-11-28-14-7-5-6-8-15(14)30-13/h5-8,13H,3-4,9-12H2,1-2H3,(H,21,24)(H,22,27)/t13-/m1/s1. The minimum Gasteiger partial charge on any atom is -0.486 e. The molecule has 1 aromatic carbocycles. The maximum atomic E-state index is 12.5. The molecular weight excluding hydrogens is 394 g/mol. The van der Waals surface area contributed by atoms with Crippen LogP contribution in [0.2, 0.25) is 0 Å². The van der Waals surface area contributed by atoms with Crippen molar-refractivity contribution < 1.29 is 33.4 Å². The SMILES string of the molecule is CCC1(CC)NC(=O)N(CC(=O)OCC(=O)NC[C@@H]2COc3ccccc3O2)C1=O. The summed E-state index contributed by atoms with van der Waals surface area (Å²) in [6.07, 6.45) is 0.459. The zero-order valence-corrected chi connectivity index (χ0v) is 16.9. The lowest BCUT2D eigenvalue weighted by atomic mass is 9.93. The van der Waals surface area contributed by atoms with Gasteiger partial charge in [-0.25, -0.2) is 4.79 Å². The first-order valence-corrected chi connectivity index (χ1v) is 9.83. The number of urea groups is 1. The molecule has 1 saturated heterocycles. The highest BCUT2D eigenvalue weighted by molar-refractivity contribution is 6.08. The first-order chi connectivity index (χ1) is 14.4. The molecule has 1 fully saturated rings. The number of amides is 4. The molecule has 0 unspecified atom stereocenters. The summed E-state index contributed by atoms with van der Waals surface area (Å²) in [6.45, 7) is 2.95. The summed E-state index contributed by atoms with van der Waals surface area (Å²) in [4.78, 5) is 49.3. The molecule has 0 saturated carbocycles. The van der Waals surface area contributed by atoms with Gasteiger partial charge in [0, 0.05) is 0 Å². The van der Waals surface area contributed by atoms with Gasteiger partial charge in [-0.1, -0.05) is 26.0 Å². The summed E-state index contributed by atoms with van der Waals surface area (Å²) >= 11 is 0. The topological polar surface area (TPSA) is 123 Å². The lowest BCUT2D eigenvalue weighted by molar-refractivity contribution is -0.151. The van der Waals surface area contributed by atoms with Crippen LogP contribution in [-0.2, 0) is 19.1 Å². The Morgan fingerprint density at radius 1 is 1.23 bits per heavy atom. The number of rotatable bonds is 8. The molecular formula is C20H25N3O7. The molecule has 2 aliphatic heterocycles. The smallest absolute Gasteiger partial charge is 0.326 e. The van der Waals surface area contributed by atoms with Gasteiger partial charge in [-0.3, -0.25) is 19.3 Å². The molecule has 162 valence electrons. The number of benzene rings is 1. The quantitative estimate of drug-likeness (QED) is 0.467. The van der Waals surface area contributed by atoms with Gasteiger partial charge in [0.1, 0.15) is 24.8 Å². The van der Waals surface area contributed by atoms with Crippen LogP contribution in [0.1, 0.15) is 26.7 Å². The van der Waals surface area contributed by atoms with Crippen molar-refractivity contribution >= 4 is 23.8 Å². The Morgan fingerprint density at radius 3 is 2.60 bits per heavy atom.